The standard InChI is InChI=1S/C29H26ClFN6O3/c1-3-25(38)34-24-13-20(10-11-22(24)30)33-28(39)26-21-16-36(29(40)23-5-4-12-32-23)14-17(2)27(21)37(35-26)15-18-6-8-19(31)9-7-18/h3-13,17,32H,1,14-16H2,2H3,(H,33,39)(H,34,38). The molecular formula is C29H26ClFN6O3. The normalized spacial score (nSPS) is 14.4. The molecule has 2 aromatic carbocycles. The molecule has 3 heterocycles. The summed E-state index contributed by atoms with van der Waals surface area (Å²) < 4.78 is 15.3. The SMILES string of the molecule is C=CC(=O)Nc1cc(NC(=O)c2nn(Cc3ccc(F)cc3)c3c2CN(C(=O)c2ccc[nH]2)CC3C)ccc1Cl. The molecule has 0 bridgehead atoms. The van der Waals surface area contributed by atoms with Gasteiger partial charge in [0.2, 0.25) is 5.91 Å². The van der Waals surface area contributed by atoms with Gasteiger partial charge in [-0.1, -0.05) is 37.2 Å². The van der Waals surface area contributed by atoms with E-state index in [1.807, 2.05) is 6.92 Å². The predicted octanol–water partition coefficient (Wildman–Crippen LogP) is 5.19. The molecule has 0 saturated heterocycles. The van der Waals surface area contributed by atoms with Gasteiger partial charge < -0.3 is 20.5 Å². The molecule has 3 amide bonds. The number of nitrogens with zero attached hydrogens (tertiary/aromatic N) is 3. The number of amides is 3. The zero-order valence-corrected chi connectivity index (χ0v) is 22.3. The van der Waals surface area contributed by atoms with Crippen molar-refractivity contribution in [3.63, 3.8) is 0 Å². The molecule has 0 radical (unpaired) electrons. The molecule has 1 aliphatic rings. The minimum Gasteiger partial charge on any atom is -0.357 e. The number of carbonyl (C=O) groups is 3. The second-order valence-corrected chi connectivity index (χ2v) is 9.92. The molecule has 204 valence electrons. The van der Waals surface area contributed by atoms with Crippen LogP contribution in [-0.2, 0) is 17.9 Å². The third-order valence-electron chi connectivity index (χ3n) is 6.65. The number of benzene rings is 2. The number of fused-ring (bicyclic) bond motifs is 1. The molecule has 3 N–H and O–H groups in total. The summed E-state index contributed by atoms with van der Waals surface area (Å²) in [5, 5.41) is 10.4. The Morgan fingerprint density at radius 3 is 2.65 bits per heavy atom. The first-order valence-corrected chi connectivity index (χ1v) is 12.9. The van der Waals surface area contributed by atoms with Gasteiger partial charge in [0.15, 0.2) is 5.69 Å². The van der Waals surface area contributed by atoms with Crippen LogP contribution in [0.25, 0.3) is 0 Å². The van der Waals surface area contributed by atoms with Crippen LogP contribution in [0.1, 0.15) is 50.6 Å². The maximum Gasteiger partial charge on any atom is 0.276 e. The lowest BCUT2D eigenvalue weighted by Gasteiger charge is -2.32. The predicted molar refractivity (Wildman–Crippen MR) is 150 cm³/mol. The number of nitrogens with one attached hydrogen (secondary N) is 3. The Morgan fingerprint density at radius 2 is 1.95 bits per heavy atom. The Labute approximate surface area is 234 Å². The van der Waals surface area contributed by atoms with Crippen LogP contribution in [0.2, 0.25) is 5.02 Å². The summed E-state index contributed by atoms with van der Waals surface area (Å²) in [7, 11) is 0. The molecule has 0 fully saturated rings. The van der Waals surface area contributed by atoms with Gasteiger partial charge in [0.1, 0.15) is 11.5 Å². The van der Waals surface area contributed by atoms with E-state index in [0.29, 0.717) is 40.7 Å². The minimum absolute atomic E-state index is 0.131. The summed E-state index contributed by atoms with van der Waals surface area (Å²) in [6.07, 6.45) is 2.80. The molecule has 0 aliphatic carbocycles. The third kappa shape index (κ3) is 5.52. The van der Waals surface area contributed by atoms with Gasteiger partial charge in [-0.2, -0.15) is 5.10 Å². The number of halogens is 2. The summed E-state index contributed by atoms with van der Waals surface area (Å²) in [5.41, 5.74) is 3.60. The lowest BCUT2D eigenvalue weighted by atomic mass is 9.95. The molecule has 1 unspecified atom stereocenters. The monoisotopic (exact) mass is 560 g/mol. The van der Waals surface area contributed by atoms with E-state index in [9.17, 15) is 18.8 Å². The van der Waals surface area contributed by atoms with E-state index >= 15 is 0 Å². The fourth-order valence-electron chi connectivity index (χ4n) is 4.82. The first-order chi connectivity index (χ1) is 19.2. The Morgan fingerprint density at radius 1 is 1.18 bits per heavy atom. The molecule has 1 aliphatic heterocycles. The molecule has 0 spiro atoms. The quantitative estimate of drug-likeness (QED) is 0.270. The molecule has 0 saturated carbocycles. The molecule has 1 atom stereocenters. The van der Waals surface area contributed by atoms with Crippen molar-refractivity contribution in [3.05, 3.63) is 112 Å². The molecule has 4 aromatic rings. The van der Waals surface area contributed by atoms with Crippen LogP contribution in [0.15, 0.2) is 73.4 Å². The van der Waals surface area contributed by atoms with Gasteiger partial charge in [-0.15, -0.1) is 0 Å². The Hall–Kier alpha value is -4.70. The summed E-state index contributed by atoms with van der Waals surface area (Å²) in [6.45, 7) is 6.35. The highest BCUT2D eigenvalue weighted by Gasteiger charge is 2.34. The average Bonchev–Trinajstić information content (AvgIpc) is 3.60. The van der Waals surface area contributed by atoms with Crippen LogP contribution in [0.5, 0.6) is 0 Å². The Bertz CT molecular complexity index is 1600. The van der Waals surface area contributed by atoms with Crippen molar-refractivity contribution in [2.24, 2.45) is 0 Å². The number of carbonyl (C=O) groups excluding carboxylic acids is 3. The van der Waals surface area contributed by atoms with Crippen LogP contribution in [0.4, 0.5) is 15.8 Å². The fourth-order valence-corrected chi connectivity index (χ4v) is 4.98. The molecule has 9 nitrogen and oxygen atoms in total. The van der Waals surface area contributed by atoms with Crippen molar-refractivity contribution < 1.29 is 18.8 Å². The van der Waals surface area contributed by atoms with E-state index in [-0.39, 0.29) is 29.9 Å². The molecule has 40 heavy (non-hydrogen) atoms. The van der Waals surface area contributed by atoms with Gasteiger partial charge in [0.05, 0.1) is 23.8 Å². The number of hydrogen-bond acceptors (Lipinski definition) is 4. The minimum atomic E-state index is -0.487. The van der Waals surface area contributed by atoms with Crippen molar-refractivity contribution in [1.29, 1.82) is 0 Å². The van der Waals surface area contributed by atoms with E-state index in [1.54, 1.807) is 52.2 Å². The molecule has 2 aromatic heterocycles. The van der Waals surface area contributed by atoms with Gasteiger partial charge in [-0.25, -0.2) is 4.39 Å². The second kappa shape index (κ2) is 11.2. The van der Waals surface area contributed by atoms with E-state index in [2.05, 4.69) is 27.3 Å². The third-order valence-corrected chi connectivity index (χ3v) is 6.98. The summed E-state index contributed by atoms with van der Waals surface area (Å²) in [4.78, 5) is 43.2. The number of aromatic amines is 1. The van der Waals surface area contributed by atoms with Gasteiger partial charge in [0, 0.05) is 35.6 Å². The number of aromatic nitrogens is 3. The van der Waals surface area contributed by atoms with Gasteiger partial charge >= 0.3 is 0 Å². The second-order valence-electron chi connectivity index (χ2n) is 9.51. The summed E-state index contributed by atoms with van der Waals surface area (Å²) in [6, 6.07) is 14.3. The van der Waals surface area contributed by atoms with E-state index in [4.69, 9.17) is 11.6 Å². The van der Waals surface area contributed by atoms with Crippen molar-refractivity contribution >= 4 is 40.7 Å². The van der Waals surface area contributed by atoms with E-state index in [1.165, 1.54) is 18.2 Å². The van der Waals surface area contributed by atoms with Crippen LogP contribution in [0.3, 0.4) is 0 Å². The first kappa shape index (κ1) is 26.9. The van der Waals surface area contributed by atoms with E-state index in [0.717, 1.165) is 17.3 Å². The average molecular weight is 561 g/mol. The molecular weight excluding hydrogens is 535 g/mol. The zero-order valence-electron chi connectivity index (χ0n) is 21.6. The highest BCUT2D eigenvalue weighted by molar-refractivity contribution is 6.34. The number of anilines is 2. The fraction of sp³-hybridized carbons (Fsp3) is 0.172. The number of hydrogen-bond donors (Lipinski definition) is 3. The maximum absolute atomic E-state index is 13.6. The van der Waals surface area contributed by atoms with Gasteiger partial charge in [-0.05, 0) is 54.1 Å². The smallest absolute Gasteiger partial charge is 0.276 e. The topological polar surface area (TPSA) is 112 Å². The van der Waals surface area contributed by atoms with Crippen molar-refractivity contribution in [2.45, 2.75) is 25.9 Å². The summed E-state index contributed by atoms with van der Waals surface area (Å²) >= 11 is 6.20. The first-order valence-electron chi connectivity index (χ1n) is 12.5. The summed E-state index contributed by atoms with van der Waals surface area (Å²) in [5.74, 6) is -1.59. The molecule has 11 heteroatoms. The number of rotatable bonds is 7. The van der Waals surface area contributed by atoms with Crippen LogP contribution < -0.4 is 10.6 Å². The van der Waals surface area contributed by atoms with Crippen molar-refractivity contribution in [1.82, 2.24) is 19.7 Å². The van der Waals surface area contributed by atoms with Gasteiger partial charge in [-0.3, -0.25) is 19.1 Å². The Kier molecular flexibility index (Phi) is 7.52. The van der Waals surface area contributed by atoms with Crippen molar-refractivity contribution in [2.75, 3.05) is 17.2 Å². The van der Waals surface area contributed by atoms with Gasteiger partial charge in [0.25, 0.3) is 11.8 Å². The van der Waals surface area contributed by atoms with E-state index < -0.39 is 11.8 Å². The highest BCUT2D eigenvalue weighted by atomic mass is 35.5. The maximum atomic E-state index is 13.6. The zero-order chi connectivity index (χ0) is 28.4. The lowest BCUT2D eigenvalue weighted by Crippen LogP contribution is -2.38. The highest BCUT2D eigenvalue weighted by Crippen LogP contribution is 2.33. The van der Waals surface area contributed by atoms with Crippen LogP contribution in [0, 0.1) is 5.82 Å². The largest absolute Gasteiger partial charge is 0.357 e. The molecule has 5 rings (SSSR count). The number of H-pyrrole nitrogens is 1. The van der Waals surface area contributed by atoms with Crippen molar-refractivity contribution in [3.8, 4) is 0 Å². The van der Waals surface area contributed by atoms with Crippen LogP contribution in [-0.4, -0.2) is 43.9 Å². The lowest BCUT2D eigenvalue weighted by molar-refractivity contribution is -0.111. The Balaban J connectivity index is 1.49. The van der Waals surface area contributed by atoms with Crippen LogP contribution >= 0.6 is 11.6 Å².